The summed E-state index contributed by atoms with van der Waals surface area (Å²) < 4.78 is 15.7. The summed E-state index contributed by atoms with van der Waals surface area (Å²) in [6, 6.07) is 0. The molecular weight excluding hydrogens is 350 g/mol. The minimum absolute atomic E-state index is 0.114. The van der Waals surface area contributed by atoms with E-state index in [0.717, 1.165) is 4.90 Å². The Kier molecular flexibility index (Phi) is 9.02. The number of carbonyl (C=O) groups is 3. The van der Waals surface area contributed by atoms with Gasteiger partial charge < -0.3 is 14.2 Å². The van der Waals surface area contributed by atoms with Crippen molar-refractivity contribution in [2.45, 2.75) is 92.0 Å². The summed E-state index contributed by atoms with van der Waals surface area (Å²) >= 11 is 0. The summed E-state index contributed by atoms with van der Waals surface area (Å²) in [7, 11) is 0. The Hall–Kier alpha value is -2.05. The van der Waals surface area contributed by atoms with Crippen molar-refractivity contribution in [3.8, 4) is 0 Å². The van der Waals surface area contributed by atoms with Crippen LogP contribution >= 0.6 is 0 Å². The van der Waals surface area contributed by atoms with Gasteiger partial charge in [0.2, 0.25) is 0 Å². The highest BCUT2D eigenvalue weighted by molar-refractivity contribution is 5.88. The molecule has 0 aromatic heterocycles. The lowest BCUT2D eigenvalue weighted by atomic mass is 10.2. The normalized spacial score (nSPS) is 12.6. The van der Waals surface area contributed by atoms with Crippen LogP contribution in [0.2, 0.25) is 0 Å². The average Bonchev–Trinajstić information content (AvgIpc) is 2.36. The molecule has 0 saturated carbocycles. The number of nitrogens with zero attached hydrogens (tertiary/aromatic N) is 1. The molecule has 156 valence electrons. The Morgan fingerprint density at radius 3 is 1.52 bits per heavy atom. The molecule has 7 heteroatoms. The summed E-state index contributed by atoms with van der Waals surface area (Å²) in [6.45, 7) is 15.8. The van der Waals surface area contributed by atoms with Gasteiger partial charge in [-0.05, 0) is 75.2 Å². The lowest BCUT2D eigenvalue weighted by Crippen LogP contribution is -2.44. The highest BCUT2D eigenvalue weighted by atomic mass is 16.6. The van der Waals surface area contributed by atoms with Gasteiger partial charge in [-0.3, -0.25) is 0 Å². The first-order valence-corrected chi connectivity index (χ1v) is 9.13. The van der Waals surface area contributed by atoms with Gasteiger partial charge in [0, 0.05) is 12.6 Å². The number of rotatable bonds is 5. The predicted molar refractivity (Wildman–Crippen MR) is 103 cm³/mol. The monoisotopic (exact) mass is 385 g/mol. The van der Waals surface area contributed by atoms with E-state index in [0.29, 0.717) is 12.8 Å². The summed E-state index contributed by atoms with van der Waals surface area (Å²) in [5.74, 6) is -0.432. The smallest absolute Gasteiger partial charge is 0.419 e. The Labute approximate surface area is 163 Å². The third-order valence-corrected chi connectivity index (χ3v) is 2.64. The lowest BCUT2D eigenvalue weighted by Gasteiger charge is -2.28. The number of ether oxygens (including phenoxy) is 3. The maximum Gasteiger partial charge on any atom is 0.419 e. The van der Waals surface area contributed by atoms with Crippen LogP contribution in [0.15, 0.2) is 12.2 Å². The Morgan fingerprint density at radius 2 is 1.15 bits per heavy atom. The fraction of sp³-hybridized carbons (Fsp3) is 0.750. The first-order chi connectivity index (χ1) is 12.0. The van der Waals surface area contributed by atoms with E-state index in [1.54, 1.807) is 68.4 Å². The number of hydrogen-bond acceptors (Lipinski definition) is 6. The third-order valence-electron chi connectivity index (χ3n) is 2.64. The molecule has 0 aromatic rings. The molecule has 0 heterocycles. The van der Waals surface area contributed by atoms with Crippen LogP contribution in [0.5, 0.6) is 0 Å². The van der Waals surface area contributed by atoms with Crippen molar-refractivity contribution in [1.29, 1.82) is 0 Å². The lowest BCUT2D eigenvalue weighted by molar-refractivity contribution is -0.148. The van der Waals surface area contributed by atoms with Crippen molar-refractivity contribution in [3.63, 3.8) is 0 Å². The van der Waals surface area contributed by atoms with Crippen LogP contribution in [0.1, 0.15) is 75.2 Å². The van der Waals surface area contributed by atoms with Crippen LogP contribution in [0, 0.1) is 0 Å². The number of unbranched alkanes of at least 4 members (excludes halogenated alkanes) is 1. The summed E-state index contributed by atoms with van der Waals surface area (Å²) in [6.07, 6.45) is 2.42. The van der Waals surface area contributed by atoms with Crippen molar-refractivity contribution in [2.75, 3.05) is 6.54 Å². The SMILES string of the molecule is CC(C)(C)OC(=O)/C=C/CCCN(C(=O)OC(C)(C)C)C(=O)OC(C)(C)C. The highest BCUT2D eigenvalue weighted by Gasteiger charge is 2.30. The molecule has 2 amide bonds. The standard InChI is InChI=1S/C20H35NO6/c1-18(2,3)25-15(22)13-11-10-12-14-21(16(23)26-19(4,5)6)17(24)27-20(7,8)9/h11,13H,10,12,14H2,1-9H3/b13-11+. The zero-order chi connectivity index (χ0) is 21.5. The summed E-state index contributed by atoms with van der Waals surface area (Å²) in [5.41, 5.74) is -2.01. The van der Waals surface area contributed by atoms with Crippen LogP contribution in [-0.4, -0.2) is 46.4 Å². The Morgan fingerprint density at radius 1 is 0.741 bits per heavy atom. The van der Waals surface area contributed by atoms with E-state index in [1.165, 1.54) is 6.08 Å². The van der Waals surface area contributed by atoms with Crippen LogP contribution in [0.25, 0.3) is 0 Å². The molecule has 27 heavy (non-hydrogen) atoms. The van der Waals surface area contributed by atoms with E-state index in [9.17, 15) is 14.4 Å². The van der Waals surface area contributed by atoms with Gasteiger partial charge >= 0.3 is 18.2 Å². The van der Waals surface area contributed by atoms with E-state index in [2.05, 4.69) is 0 Å². The third kappa shape index (κ3) is 13.8. The molecule has 0 aliphatic rings. The fourth-order valence-corrected chi connectivity index (χ4v) is 1.77. The van der Waals surface area contributed by atoms with Crippen molar-refractivity contribution < 1.29 is 28.6 Å². The van der Waals surface area contributed by atoms with Crippen LogP contribution in [0.3, 0.4) is 0 Å². The second kappa shape index (κ2) is 9.76. The van der Waals surface area contributed by atoms with Crippen molar-refractivity contribution >= 4 is 18.2 Å². The number of amides is 2. The molecule has 0 radical (unpaired) electrons. The molecule has 0 aromatic carbocycles. The van der Waals surface area contributed by atoms with Gasteiger partial charge in [0.1, 0.15) is 16.8 Å². The molecule has 0 spiro atoms. The second-order valence-electron chi connectivity index (χ2n) is 9.19. The van der Waals surface area contributed by atoms with E-state index < -0.39 is 35.0 Å². The number of hydrogen-bond donors (Lipinski definition) is 0. The van der Waals surface area contributed by atoms with Crippen LogP contribution in [0.4, 0.5) is 9.59 Å². The molecule has 0 unspecified atom stereocenters. The first kappa shape index (κ1) is 24.9. The zero-order valence-corrected chi connectivity index (χ0v) is 18.2. The predicted octanol–water partition coefficient (Wildman–Crippen LogP) is 4.84. The van der Waals surface area contributed by atoms with E-state index >= 15 is 0 Å². The Balaban J connectivity index is 4.79. The maximum atomic E-state index is 12.3. The topological polar surface area (TPSA) is 82.1 Å². The molecule has 0 saturated heterocycles. The molecule has 0 aliphatic carbocycles. The van der Waals surface area contributed by atoms with Gasteiger partial charge in [-0.1, -0.05) is 6.08 Å². The number of imide groups is 1. The van der Waals surface area contributed by atoms with Gasteiger partial charge in [0.25, 0.3) is 0 Å². The first-order valence-electron chi connectivity index (χ1n) is 9.13. The fourth-order valence-electron chi connectivity index (χ4n) is 1.77. The van der Waals surface area contributed by atoms with Crippen molar-refractivity contribution in [1.82, 2.24) is 4.90 Å². The average molecular weight is 386 g/mol. The highest BCUT2D eigenvalue weighted by Crippen LogP contribution is 2.15. The van der Waals surface area contributed by atoms with Crippen LogP contribution in [-0.2, 0) is 19.0 Å². The molecule has 0 aliphatic heterocycles. The summed E-state index contributed by atoms with van der Waals surface area (Å²) in [4.78, 5) is 37.2. The molecule has 0 fully saturated rings. The van der Waals surface area contributed by atoms with Gasteiger partial charge in [-0.2, -0.15) is 0 Å². The minimum atomic E-state index is -0.757. The molecule has 7 nitrogen and oxygen atoms in total. The minimum Gasteiger partial charge on any atom is -0.457 e. The molecule has 0 bridgehead atoms. The van der Waals surface area contributed by atoms with Crippen molar-refractivity contribution in [2.24, 2.45) is 0 Å². The van der Waals surface area contributed by atoms with E-state index in [1.807, 2.05) is 0 Å². The molecule has 0 atom stereocenters. The van der Waals surface area contributed by atoms with Crippen LogP contribution < -0.4 is 0 Å². The number of allylic oxidation sites excluding steroid dienone is 1. The van der Waals surface area contributed by atoms with E-state index in [-0.39, 0.29) is 6.54 Å². The van der Waals surface area contributed by atoms with Gasteiger partial charge in [0.05, 0.1) is 0 Å². The maximum absolute atomic E-state index is 12.3. The van der Waals surface area contributed by atoms with Gasteiger partial charge in [-0.15, -0.1) is 0 Å². The van der Waals surface area contributed by atoms with E-state index in [4.69, 9.17) is 14.2 Å². The number of esters is 1. The van der Waals surface area contributed by atoms with Crippen molar-refractivity contribution in [3.05, 3.63) is 12.2 Å². The molecule has 0 N–H and O–H groups in total. The zero-order valence-electron chi connectivity index (χ0n) is 18.2. The van der Waals surface area contributed by atoms with Gasteiger partial charge in [0.15, 0.2) is 0 Å². The summed E-state index contributed by atoms with van der Waals surface area (Å²) in [5, 5.41) is 0. The molecular formula is C20H35NO6. The van der Waals surface area contributed by atoms with Gasteiger partial charge in [-0.25, -0.2) is 19.3 Å². The number of carbonyl (C=O) groups excluding carboxylic acids is 3. The molecule has 0 rings (SSSR count). The second-order valence-corrected chi connectivity index (χ2v) is 9.19. The Bertz CT molecular complexity index is 518. The largest absolute Gasteiger partial charge is 0.457 e. The quantitative estimate of drug-likeness (QED) is 0.292.